The van der Waals surface area contributed by atoms with Gasteiger partial charge in [-0.3, -0.25) is 9.78 Å². The number of ketones is 1. The van der Waals surface area contributed by atoms with E-state index in [2.05, 4.69) is 4.98 Å². The molecule has 0 saturated heterocycles. The average molecular weight is 278 g/mol. The van der Waals surface area contributed by atoms with Gasteiger partial charge in [-0.05, 0) is 29.7 Å². The Morgan fingerprint density at radius 1 is 1.32 bits per heavy atom. The minimum atomic E-state index is -0.502. The zero-order chi connectivity index (χ0) is 13.8. The van der Waals surface area contributed by atoms with Gasteiger partial charge in [-0.2, -0.15) is 0 Å². The molecule has 0 radical (unpaired) electrons. The van der Waals surface area contributed by atoms with Gasteiger partial charge in [0.1, 0.15) is 5.82 Å². The van der Waals surface area contributed by atoms with Crippen molar-refractivity contribution in [3.05, 3.63) is 64.2 Å². The molecule has 0 aliphatic carbocycles. The molecular weight excluding hydrogens is 265 g/mol. The molecule has 1 aromatic heterocycles. The number of rotatable bonds is 4. The predicted octanol–water partition coefficient (Wildman–Crippen LogP) is 3.86. The molecule has 0 amide bonds. The summed E-state index contributed by atoms with van der Waals surface area (Å²) in [5.74, 6) is -0.579. The van der Waals surface area contributed by atoms with Gasteiger partial charge < -0.3 is 0 Å². The standard InChI is InChI=1S/C15H13ClFNO/c1-2-10-9-18-7-6-12(10)14(19)8-11-4-3-5-13(17)15(11)16/h3-7,9H,2,8H2,1H3. The summed E-state index contributed by atoms with van der Waals surface area (Å²) in [6.45, 7) is 1.96. The molecule has 0 N–H and O–H groups in total. The summed E-state index contributed by atoms with van der Waals surface area (Å²) >= 11 is 5.86. The first kappa shape index (κ1) is 13.7. The lowest BCUT2D eigenvalue weighted by Gasteiger charge is -2.07. The summed E-state index contributed by atoms with van der Waals surface area (Å²) in [6, 6.07) is 6.18. The molecule has 0 bridgehead atoms. The highest BCUT2D eigenvalue weighted by molar-refractivity contribution is 6.31. The van der Waals surface area contributed by atoms with Crippen molar-refractivity contribution in [2.45, 2.75) is 19.8 Å². The summed E-state index contributed by atoms with van der Waals surface area (Å²) in [5, 5.41) is 0.0166. The fourth-order valence-electron chi connectivity index (χ4n) is 1.93. The Kier molecular flexibility index (Phi) is 4.27. The van der Waals surface area contributed by atoms with Crippen LogP contribution >= 0.6 is 11.6 Å². The minimum absolute atomic E-state index is 0.0166. The number of aromatic nitrogens is 1. The van der Waals surface area contributed by atoms with Crippen LogP contribution in [0, 0.1) is 5.82 Å². The number of benzene rings is 1. The second kappa shape index (κ2) is 5.93. The SMILES string of the molecule is CCc1cnccc1C(=O)Cc1cccc(F)c1Cl. The number of carbonyl (C=O) groups is 1. The van der Waals surface area contributed by atoms with E-state index in [0.717, 1.165) is 12.0 Å². The molecule has 2 rings (SSSR count). The van der Waals surface area contributed by atoms with Crippen LogP contribution in [0.15, 0.2) is 36.7 Å². The van der Waals surface area contributed by atoms with Crippen molar-refractivity contribution >= 4 is 17.4 Å². The normalized spacial score (nSPS) is 10.5. The maximum atomic E-state index is 13.3. The Morgan fingerprint density at radius 2 is 2.11 bits per heavy atom. The number of hydrogen-bond acceptors (Lipinski definition) is 2. The van der Waals surface area contributed by atoms with Crippen molar-refractivity contribution in [1.82, 2.24) is 4.98 Å². The first-order chi connectivity index (χ1) is 9.13. The van der Waals surface area contributed by atoms with Crippen LogP contribution in [-0.2, 0) is 12.8 Å². The fraction of sp³-hybridized carbons (Fsp3) is 0.200. The number of aryl methyl sites for hydroxylation is 1. The summed E-state index contributed by atoms with van der Waals surface area (Å²) in [6.07, 6.45) is 4.08. The second-order valence-corrected chi connectivity index (χ2v) is 4.58. The Labute approximate surface area is 116 Å². The van der Waals surface area contributed by atoms with E-state index >= 15 is 0 Å². The van der Waals surface area contributed by atoms with Crippen molar-refractivity contribution in [1.29, 1.82) is 0 Å². The number of carbonyl (C=O) groups excluding carboxylic acids is 1. The predicted molar refractivity (Wildman–Crippen MR) is 73.1 cm³/mol. The summed E-state index contributed by atoms with van der Waals surface area (Å²) < 4.78 is 13.3. The van der Waals surface area contributed by atoms with E-state index in [1.165, 1.54) is 6.07 Å². The average Bonchev–Trinajstić information content (AvgIpc) is 2.43. The molecule has 4 heteroatoms. The van der Waals surface area contributed by atoms with E-state index in [-0.39, 0.29) is 17.2 Å². The molecular formula is C15H13ClFNO. The van der Waals surface area contributed by atoms with Gasteiger partial charge in [0.2, 0.25) is 0 Å². The van der Waals surface area contributed by atoms with Gasteiger partial charge in [-0.1, -0.05) is 30.7 Å². The van der Waals surface area contributed by atoms with E-state index < -0.39 is 5.82 Å². The number of hydrogen-bond donors (Lipinski definition) is 0. The molecule has 1 heterocycles. The van der Waals surface area contributed by atoms with Gasteiger partial charge >= 0.3 is 0 Å². The van der Waals surface area contributed by atoms with Crippen LogP contribution in [0.25, 0.3) is 0 Å². The minimum Gasteiger partial charge on any atom is -0.294 e. The molecule has 2 aromatic rings. The highest BCUT2D eigenvalue weighted by atomic mass is 35.5. The number of halogens is 2. The zero-order valence-corrected chi connectivity index (χ0v) is 11.2. The van der Waals surface area contributed by atoms with Crippen molar-refractivity contribution in [2.24, 2.45) is 0 Å². The monoisotopic (exact) mass is 277 g/mol. The summed E-state index contributed by atoms with van der Waals surface area (Å²) in [5.41, 5.74) is 2.02. The fourth-order valence-corrected chi connectivity index (χ4v) is 2.13. The van der Waals surface area contributed by atoms with Crippen LogP contribution in [0.5, 0.6) is 0 Å². The third kappa shape index (κ3) is 2.99. The number of Topliss-reactive ketones (excluding diaryl/α,β-unsaturated/α-hetero) is 1. The van der Waals surface area contributed by atoms with Crippen LogP contribution in [-0.4, -0.2) is 10.8 Å². The van der Waals surface area contributed by atoms with Crippen LogP contribution in [0.4, 0.5) is 4.39 Å². The van der Waals surface area contributed by atoms with Gasteiger partial charge in [0.05, 0.1) is 5.02 Å². The van der Waals surface area contributed by atoms with Crippen molar-refractivity contribution in [3.63, 3.8) is 0 Å². The molecule has 0 atom stereocenters. The molecule has 0 fully saturated rings. The zero-order valence-electron chi connectivity index (χ0n) is 10.5. The van der Waals surface area contributed by atoms with Crippen LogP contribution in [0.2, 0.25) is 5.02 Å². The lowest BCUT2D eigenvalue weighted by molar-refractivity contribution is 0.0992. The summed E-state index contributed by atoms with van der Waals surface area (Å²) in [4.78, 5) is 16.2. The van der Waals surface area contributed by atoms with E-state index in [4.69, 9.17) is 11.6 Å². The molecule has 2 nitrogen and oxygen atoms in total. The first-order valence-corrected chi connectivity index (χ1v) is 6.40. The molecule has 0 aliphatic heterocycles. The highest BCUT2D eigenvalue weighted by Gasteiger charge is 2.14. The molecule has 19 heavy (non-hydrogen) atoms. The van der Waals surface area contributed by atoms with Gasteiger partial charge in [0.25, 0.3) is 0 Å². The Hall–Kier alpha value is -1.74. The molecule has 1 aromatic carbocycles. The quantitative estimate of drug-likeness (QED) is 0.794. The van der Waals surface area contributed by atoms with E-state index in [1.54, 1.807) is 30.6 Å². The molecule has 0 saturated carbocycles. The number of pyridine rings is 1. The van der Waals surface area contributed by atoms with Crippen molar-refractivity contribution in [2.75, 3.05) is 0 Å². The van der Waals surface area contributed by atoms with E-state index in [9.17, 15) is 9.18 Å². The molecule has 0 spiro atoms. The maximum Gasteiger partial charge on any atom is 0.167 e. The van der Waals surface area contributed by atoms with Gasteiger partial charge in [0.15, 0.2) is 5.78 Å². The van der Waals surface area contributed by atoms with Crippen molar-refractivity contribution in [3.8, 4) is 0 Å². The third-order valence-electron chi connectivity index (χ3n) is 2.97. The molecule has 98 valence electrons. The molecule has 0 unspecified atom stereocenters. The topological polar surface area (TPSA) is 30.0 Å². The van der Waals surface area contributed by atoms with Crippen LogP contribution in [0.3, 0.4) is 0 Å². The molecule has 0 aliphatic rings. The largest absolute Gasteiger partial charge is 0.294 e. The first-order valence-electron chi connectivity index (χ1n) is 6.02. The van der Waals surface area contributed by atoms with Crippen molar-refractivity contribution < 1.29 is 9.18 Å². The van der Waals surface area contributed by atoms with Gasteiger partial charge in [-0.15, -0.1) is 0 Å². The van der Waals surface area contributed by atoms with E-state index in [1.807, 2.05) is 6.92 Å². The number of nitrogens with zero attached hydrogens (tertiary/aromatic N) is 1. The van der Waals surface area contributed by atoms with E-state index in [0.29, 0.717) is 11.1 Å². The smallest absolute Gasteiger partial charge is 0.167 e. The van der Waals surface area contributed by atoms with Gasteiger partial charge in [0, 0.05) is 24.4 Å². The lowest BCUT2D eigenvalue weighted by Crippen LogP contribution is -2.08. The van der Waals surface area contributed by atoms with Gasteiger partial charge in [-0.25, -0.2) is 4.39 Å². The second-order valence-electron chi connectivity index (χ2n) is 4.20. The highest BCUT2D eigenvalue weighted by Crippen LogP contribution is 2.22. The third-order valence-corrected chi connectivity index (χ3v) is 3.39. The van der Waals surface area contributed by atoms with Crippen LogP contribution < -0.4 is 0 Å². The summed E-state index contributed by atoms with van der Waals surface area (Å²) in [7, 11) is 0. The van der Waals surface area contributed by atoms with Crippen LogP contribution in [0.1, 0.15) is 28.4 Å². The maximum absolute atomic E-state index is 13.3. The lowest BCUT2D eigenvalue weighted by atomic mass is 9.99. The Morgan fingerprint density at radius 3 is 2.84 bits per heavy atom. The Balaban J connectivity index is 2.28. The Bertz CT molecular complexity index is 613.